The number of amides is 1. The van der Waals surface area contributed by atoms with Crippen LogP contribution in [0.5, 0.6) is 5.75 Å². The molecule has 0 aliphatic heterocycles. The fourth-order valence-electron chi connectivity index (χ4n) is 2.60. The Labute approximate surface area is 155 Å². The van der Waals surface area contributed by atoms with Gasteiger partial charge in [0.05, 0.1) is 29.1 Å². The zero-order valence-corrected chi connectivity index (χ0v) is 15.8. The van der Waals surface area contributed by atoms with Gasteiger partial charge in [0.1, 0.15) is 10.8 Å². The van der Waals surface area contributed by atoms with Gasteiger partial charge >= 0.3 is 0 Å². The maximum Gasteiger partial charge on any atom is 0.230 e. The van der Waals surface area contributed by atoms with Crippen LogP contribution in [0.15, 0.2) is 48.5 Å². The van der Waals surface area contributed by atoms with Crippen LogP contribution in [0, 0.1) is 0 Å². The molecule has 1 aromatic heterocycles. The number of thiazole rings is 1. The molecule has 1 N–H and O–H groups in total. The Morgan fingerprint density at radius 3 is 2.80 bits per heavy atom. The number of thioether (sulfide) groups is 1. The lowest BCUT2D eigenvalue weighted by atomic mass is 10.1. The van der Waals surface area contributed by atoms with Crippen molar-refractivity contribution in [1.29, 1.82) is 0 Å². The molecule has 130 valence electrons. The smallest absolute Gasteiger partial charge is 0.230 e. The minimum absolute atomic E-state index is 0.0181. The second-order valence-electron chi connectivity index (χ2n) is 5.60. The summed E-state index contributed by atoms with van der Waals surface area (Å²) in [5.74, 6) is 1.97. The van der Waals surface area contributed by atoms with Crippen molar-refractivity contribution in [2.45, 2.75) is 18.7 Å². The molecule has 3 aromatic rings. The minimum Gasteiger partial charge on any atom is -0.496 e. The minimum atomic E-state index is -0.0910. The van der Waals surface area contributed by atoms with E-state index in [-0.39, 0.29) is 11.9 Å². The molecule has 1 atom stereocenters. The molecule has 0 aliphatic rings. The van der Waals surface area contributed by atoms with Crippen LogP contribution in [-0.4, -0.2) is 23.8 Å². The molecule has 0 bridgehead atoms. The van der Waals surface area contributed by atoms with Crippen LogP contribution in [0.1, 0.15) is 23.5 Å². The van der Waals surface area contributed by atoms with E-state index in [1.54, 1.807) is 30.2 Å². The first kappa shape index (κ1) is 17.8. The molecule has 0 saturated heterocycles. The topological polar surface area (TPSA) is 51.2 Å². The molecule has 1 amide bonds. The standard InChI is InChI=1S/C19H20N2O2S2/c1-13(14-7-3-5-9-16(14)23-2)20-18(22)11-24-12-19-21-15-8-4-6-10-17(15)25-19/h3-10,13H,11-12H2,1-2H3,(H,20,22). The third-order valence-corrected chi connectivity index (χ3v) is 5.94. The first-order valence-corrected chi connectivity index (χ1v) is 9.99. The van der Waals surface area contributed by atoms with Gasteiger partial charge in [0, 0.05) is 11.3 Å². The Balaban J connectivity index is 1.50. The first-order valence-electron chi connectivity index (χ1n) is 8.02. The van der Waals surface area contributed by atoms with Crippen LogP contribution < -0.4 is 10.1 Å². The van der Waals surface area contributed by atoms with Gasteiger partial charge in [-0.2, -0.15) is 0 Å². The summed E-state index contributed by atoms with van der Waals surface area (Å²) in [6.45, 7) is 1.97. The summed E-state index contributed by atoms with van der Waals surface area (Å²) in [5.41, 5.74) is 2.01. The van der Waals surface area contributed by atoms with Crippen molar-refractivity contribution in [2.75, 3.05) is 12.9 Å². The first-order chi connectivity index (χ1) is 12.2. The molecule has 0 spiro atoms. The van der Waals surface area contributed by atoms with Crippen molar-refractivity contribution in [3.63, 3.8) is 0 Å². The summed E-state index contributed by atoms with van der Waals surface area (Å²) >= 11 is 3.27. The number of hydrogen-bond acceptors (Lipinski definition) is 5. The lowest BCUT2D eigenvalue weighted by molar-refractivity contribution is -0.119. The second-order valence-corrected chi connectivity index (χ2v) is 7.70. The summed E-state index contributed by atoms with van der Waals surface area (Å²) < 4.78 is 6.54. The summed E-state index contributed by atoms with van der Waals surface area (Å²) in [6.07, 6.45) is 0. The van der Waals surface area contributed by atoms with Crippen LogP contribution >= 0.6 is 23.1 Å². The van der Waals surface area contributed by atoms with Crippen molar-refractivity contribution < 1.29 is 9.53 Å². The third kappa shape index (κ3) is 4.52. The van der Waals surface area contributed by atoms with Gasteiger partial charge in [0.25, 0.3) is 0 Å². The summed E-state index contributed by atoms with van der Waals surface area (Å²) in [7, 11) is 1.64. The number of ether oxygens (including phenoxy) is 1. The molecule has 0 fully saturated rings. The van der Waals surface area contributed by atoms with E-state index >= 15 is 0 Å². The lowest BCUT2D eigenvalue weighted by Crippen LogP contribution is -2.28. The van der Waals surface area contributed by atoms with E-state index in [1.165, 1.54) is 4.70 Å². The molecule has 0 saturated carbocycles. The number of methoxy groups -OCH3 is 1. The van der Waals surface area contributed by atoms with Crippen LogP contribution in [0.25, 0.3) is 10.2 Å². The average molecular weight is 373 g/mol. The largest absolute Gasteiger partial charge is 0.496 e. The predicted octanol–water partition coefficient (Wildman–Crippen LogP) is 4.42. The Bertz CT molecular complexity index is 830. The summed E-state index contributed by atoms with van der Waals surface area (Å²) in [5, 5.41) is 4.08. The van der Waals surface area contributed by atoms with E-state index < -0.39 is 0 Å². The van der Waals surface area contributed by atoms with Crippen molar-refractivity contribution in [3.05, 3.63) is 59.1 Å². The van der Waals surface area contributed by atoms with E-state index in [4.69, 9.17) is 4.74 Å². The van der Waals surface area contributed by atoms with Crippen LogP contribution in [0.2, 0.25) is 0 Å². The number of rotatable bonds is 7. The number of benzene rings is 2. The normalized spacial score (nSPS) is 12.1. The molecule has 2 aromatic carbocycles. The monoisotopic (exact) mass is 372 g/mol. The number of nitrogens with zero attached hydrogens (tertiary/aromatic N) is 1. The molecule has 25 heavy (non-hydrogen) atoms. The molecule has 0 radical (unpaired) electrons. The summed E-state index contributed by atoms with van der Waals surface area (Å²) in [4.78, 5) is 16.8. The lowest BCUT2D eigenvalue weighted by Gasteiger charge is -2.17. The molecule has 1 unspecified atom stereocenters. The van der Waals surface area contributed by atoms with Gasteiger partial charge < -0.3 is 10.1 Å². The molecule has 3 rings (SSSR count). The van der Waals surface area contributed by atoms with E-state index in [0.717, 1.165) is 27.6 Å². The van der Waals surface area contributed by atoms with Crippen molar-refractivity contribution in [3.8, 4) is 5.75 Å². The van der Waals surface area contributed by atoms with E-state index in [1.807, 2.05) is 49.4 Å². The Morgan fingerprint density at radius 1 is 1.24 bits per heavy atom. The maximum atomic E-state index is 12.2. The molecule has 6 heteroatoms. The third-order valence-electron chi connectivity index (χ3n) is 3.78. The zero-order chi connectivity index (χ0) is 17.6. The van der Waals surface area contributed by atoms with Crippen LogP contribution in [-0.2, 0) is 10.5 Å². The number of aromatic nitrogens is 1. The highest BCUT2D eigenvalue weighted by molar-refractivity contribution is 7.99. The fraction of sp³-hybridized carbons (Fsp3) is 0.263. The molecular weight excluding hydrogens is 352 g/mol. The highest BCUT2D eigenvalue weighted by Gasteiger charge is 2.13. The quantitative estimate of drug-likeness (QED) is 0.667. The van der Waals surface area contributed by atoms with Gasteiger partial charge in [-0.05, 0) is 25.1 Å². The highest BCUT2D eigenvalue weighted by Crippen LogP contribution is 2.26. The van der Waals surface area contributed by atoms with Gasteiger partial charge in [0.2, 0.25) is 5.91 Å². The Morgan fingerprint density at radius 2 is 2.00 bits per heavy atom. The SMILES string of the molecule is COc1ccccc1C(C)NC(=O)CSCc1nc2ccccc2s1. The number of hydrogen-bond donors (Lipinski definition) is 1. The Hall–Kier alpha value is -2.05. The van der Waals surface area contributed by atoms with Crippen LogP contribution in [0.4, 0.5) is 0 Å². The molecule has 0 aliphatic carbocycles. The summed E-state index contributed by atoms with van der Waals surface area (Å²) in [6, 6.07) is 15.7. The molecule has 1 heterocycles. The highest BCUT2D eigenvalue weighted by atomic mass is 32.2. The number of carbonyl (C=O) groups excluding carboxylic acids is 1. The van der Waals surface area contributed by atoms with E-state index in [0.29, 0.717) is 5.75 Å². The maximum absolute atomic E-state index is 12.2. The predicted molar refractivity (Wildman–Crippen MR) is 105 cm³/mol. The van der Waals surface area contributed by atoms with Gasteiger partial charge in [0.15, 0.2) is 0 Å². The van der Waals surface area contributed by atoms with Crippen molar-refractivity contribution >= 4 is 39.2 Å². The zero-order valence-electron chi connectivity index (χ0n) is 14.2. The fourth-order valence-corrected chi connectivity index (χ4v) is 4.46. The van der Waals surface area contributed by atoms with Gasteiger partial charge in [-0.15, -0.1) is 23.1 Å². The Kier molecular flexibility index (Phi) is 5.94. The molecular formula is C19H20N2O2S2. The van der Waals surface area contributed by atoms with E-state index in [2.05, 4.69) is 16.4 Å². The van der Waals surface area contributed by atoms with Gasteiger partial charge in [-0.25, -0.2) is 4.98 Å². The average Bonchev–Trinajstić information content (AvgIpc) is 3.04. The van der Waals surface area contributed by atoms with E-state index in [9.17, 15) is 4.79 Å². The van der Waals surface area contributed by atoms with Crippen LogP contribution in [0.3, 0.4) is 0 Å². The number of fused-ring (bicyclic) bond motifs is 1. The van der Waals surface area contributed by atoms with Crippen molar-refractivity contribution in [2.24, 2.45) is 0 Å². The molecule has 4 nitrogen and oxygen atoms in total. The number of carbonyl (C=O) groups is 1. The van der Waals surface area contributed by atoms with Gasteiger partial charge in [-0.1, -0.05) is 30.3 Å². The van der Waals surface area contributed by atoms with Crippen molar-refractivity contribution in [1.82, 2.24) is 10.3 Å². The van der Waals surface area contributed by atoms with Gasteiger partial charge in [-0.3, -0.25) is 4.79 Å². The number of para-hydroxylation sites is 2. The second kappa shape index (κ2) is 8.36. The number of nitrogens with one attached hydrogen (secondary N) is 1.